The molecule has 1 amide bonds. The lowest BCUT2D eigenvalue weighted by atomic mass is 10.1. The van der Waals surface area contributed by atoms with Gasteiger partial charge in [-0.25, -0.2) is 8.42 Å². The third kappa shape index (κ3) is 5.39. The summed E-state index contributed by atoms with van der Waals surface area (Å²) in [6.07, 6.45) is 6.01. The summed E-state index contributed by atoms with van der Waals surface area (Å²) in [5.74, 6) is 0.708. The minimum Gasteiger partial charge on any atom is -0.493 e. The lowest BCUT2D eigenvalue weighted by molar-refractivity contribution is 0.102. The summed E-state index contributed by atoms with van der Waals surface area (Å²) in [6.45, 7) is 2.74. The van der Waals surface area contributed by atoms with Crippen LogP contribution >= 0.6 is 0 Å². The van der Waals surface area contributed by atoms with E-state index in [1.54, 1.807) is 24.3 Å². The Morgan fingerprint density at radius 1 is 0.806 bits per heavy atom. The Hall–Kier alpha value is -2.98. The molecule has 2 saturated heterocycles. The number of methoxy groups -OCH3 is 3. The Bertz CT molecular complexity index is 1160. The molecule has 0 radical (unpaired) electrons. The largest absolute Gasteiger partial charge is 0.493 e. The van der Waals surface area contributed by atoms with Crippen LogP contribution in [-0.4, -0.2) is 66.1 Å². The zero-order chi connectivity index (χ0) is 25.7. The van der Waals surface area contributed by atoms with Gasteiger partial charge in [-0.3, -0.25) is 4.79 Å². The topological polar surface area (TPSA) is 97.4 Å². The van der Waals surface area contributed by atoms with Crippen molar-refractivity contribution in [3.63, 3.8) is 0 Å². The number of rotatable bonds is 8. The highest BCUT2D eigenvalue weighted by Gasteiger charge is 2.28. The van der Waals surface area contributed by atoms with Crippen LogP contribution in [0, 0.1) is 0 Å². The van der Waals surface area contributed by atoms with E-state index in [2.05, 4.69) is 10.2 Å². The first-order valence-electron chi connectivity index (χ1n) is 12.4. The van der Waals surface area contributed by atoms with Crippen molar-refractivity contribution in [2.24, 2.45) is 0 Å². The molecular formula is C26H35N3O6S. The number of nitrogens with zero attached hydrogens (tertiary/aromatic N) is 2. The lowest BCUT2D eigenvalue weighted by Crippen LogP contribution is -2.35. The van der Waals surface area contributed by atoms with Crippen molar-refractivity contribution in [1.82, 2.24) is 4.31 Å². The molecule has 0 bridgehead atoms. The molecule has 0 saturated carbocycles. The van der Waals surface area contributed by atoms with E-state index in [0.29, 0.717) is 41.6 Å². The monoisotopic (exact) mass is 517 g/mol. The Balaban J connectivity index is 1.71. The molecule has 1 N–H and O–H groups in total. The van der Waals surface area contributed by atoms with Crippen molar-refractivity contribution < 1.29 is 27.4 Å². The van der Waals surface area contributed by atoms with E-state index >= 15 is 0 Å². The molecule has 0 spiro atoms. The van der Waals surface area contributed by atoms with Crippen LogP contribution in [0.2, 0.25) is 0 Å². The van der Waals surface area contributed by atoms with Gasteiger partial charge in [-0.05, 0) is 62.4 Å². The van der Waals surface area contributed by atoms with Crippen LogP contribution in [0.1, 0.15) is 48.9 Å². The number of hydrogen-bond donors (Lipinski definition) is 1. The van der Waals surface area contributed by atoms with Gasteiger partial charge in [-0.2, -0.15) is 4.31 Å². The third-order valence-corrected chi connectivity index (χ3v) is 8.69. The van der Waals surface area contributed by atoms with Crippen molar-refractivity contribution in [2.45, 2.75) is 43.4 Å². The molecule has 2 aromatic carbocycles. The third-order valence-electron chi connectivity index (χ3n) is 6.79. The predicted octanol–water partition coefficient (Wildman–Crippen LogP) is 4.13. The lowest BCUT2D eigenvalue weighted by Gasteiger charge is -2.31. The standard InChI is InChI=1S/C26H35N3O6S/c1-33-23-16-19(17-24(34-2)25(23)35-3)26(30)27-21-18-20(36(31,32)29-14-8-5-9-15-29)10-11-22(21)28-12-6-4-7-13-28/h10-11,16-18H,4-9,12-15H2,1-3H3,(H,27,30). The Labute approximate surface area is 213 Å². The fourth-order valence-corrected chi connectivity index (χ4v) is 6.39. The molecule has 10 heteroatoms. The molecule has 2 aliphatic rings. The first-order valence-corrected chi connectivity index (χ1v) is 13.8. The van der Waals surface area contributed by atoms with Crippen molar-refractivity contribution in [3.05, 3.63) is 35.9 Å². The first-order chi connectivity index (χ1) is 17.4. The second-order valence-electron chi connectivity index (χ2n) is 9.06. The normalized spacial score (nSPS) is 16.9. The molecule has 9 nitrogen and oxygen atoms in total. The quantitative estimate of drug-likeness (QED) is 0.562. The van der Waals surface area contributed by atoms with E-state index in [-0.39, 0.29) is 4.90 Å². The zero-order valence-electron chi connectivity index (χ0n) is 21.2. The smallest absolute Gasteiger partial charge is 0.255 e. The molecule has 2 heterocycles. The van der Waals surface area contributed by atoms with Crippen molar-refractivity contribution in [3.8, 4) is 17.2 Å². The number of hydrogen-bond acceptors (Lipinski definition) is 7. The average molecular weight is 518 g/mol. The van der Waals surface area contributed by atoms with Gasteiger partial charge < -0.3 is 24.4 Å². The number of nitrogens with one attached hydrogen (secondary N) is 1. The molecule has 2 fully saturated rings. The Morgan fingerprint density at radius 2 is 1.39 bits per heavy atom. The number of piperidine rings is 2. The molecule has 0 unspecified atom stereocenters. The van der Waals surface area contributed by atoms with Crippen LogP contribution in [0.25, 0.3) is 0 Å². The molecule has 0 atom stereocenters. The maximum Gasteiger partial charge on any atom is 0.255 e. The number of anilines is 2. The maximum atomic E-state index is 13.4. The highest BCUT2D eigenvalue weighted by atomic mass is 32.2. The van der Waals surface area contributed by atoms with Crippen LogP contribution in [0.4, 0.5) is 11.4 Å². The van der Waals surface area contributed by atoms with Crippen LogP contribution in [0.5, 0.6) is 17.2 Å². The van der Waals surface area contributed by atoms with E-state index in [9.17, 15) is 13.2 Å². The molecule has 196 valence electrons. The Morgan fingerprint density at radius 3 is 1.94 bits per heavy atom. The molecule has 0 aromatic heterocycles. The minimum absolute atomic E-state index is 0.186. The van der Waals surface area contributed by atoms with Crippen molar-refractivity contribution >= 4 is 27.3 Å². The summed E-state index contributed by atoms with van der Waals surface area (Å²) in [4.78, 5) is 15.8. The van der Waals surface area contributed by atoms with E-state index in [1.807, 2.05) is 6.07 Å². The van der Waals surface area contributed by atoms with E-state index < -0.39 is 15.9 Å². The predicted molar refractivity (Wildman–Crippen MR) is 139 cm³/mol. The molecule has 36 heavy (non-hydrogen) atoms. The fourth-order valence-electron chi connectivity index (χ4n) is 4.85. The van der Waals surface area contributed by atoms with E-state index in [1.165, 1.54) is 25.6 Å². The summed E-state index contributed by atoms with van der Waals surface area (Å²) in [7, 11) is 0.820. The second kappa shape index (κ2) is 11.4. The fraction of sp³-hybridized carbons (Fsp3) is 0.500. The van der Waals surface area contributed by atoms with Gasteiger partial charge >= 0.3 is 0 Å². The molecular weight excluding hydrogens is 482 g/mol. The highest BCUT2D eigenvalue weighted by Crippen LogP contribution is 2.39. The second-order valence-corrected chi connectivity index (χ2v) is 11.0. The molecule has 0 aliphatic carbocycles. The number of sulfonamides is 1. The molecule has 2 aliphatic heterocycles. The summed E-state index contributed by atoms with van der Waals surface area (Å²) in [5, 5.41) is 2.96. The van der Waals surface area contributed by atoms with Crippen LogP contribution in [0.3, 0.4) is 0 Å². The highest BCUT2D eigenvalue weighted by molar-refractivity contribution is 7.89. The zero-order valence-corrected chi connectivity index (χ0v) is 22.0. The van der Waals surface area contributed by atoms with Crippen LogP contribution in [0.15, 0.2) is 35.2 Å². The van der Waals surface area contributed by atoms with Crippen LogP contribution < -0.4 is 24.4 Å². The summed E-state index contributed by atoms with van der Waals surface area (Å²) in [5.41, 5.74) is 1.58. The van der Waals surface area contributed by atoms with Gasteiger partial charge in [0.1, 0.15) is 0 Å². The minimum atomic E-state index is -3.66. The molecule has 2 aromatic rings. The maximum absolute atomic E-state index is 13.4. The van der Waals surface area contributed by atoms with Gasteiger partial charge in [-0.1, -0.05) is 6.42 Å². The average Bonchev–Trinajstić information content (AvgIpc) is 2.93. The van der Waals surface area contributed by atoms with Gasteiger partial charge in [-0.15, -0.1) is 0 Å². The number of amides is 1. The first kappa shape index (κ1) is 26.1. The number of carbonyl (C=O) groups is 1. The number of ether oxygens (including phenoxy) is 3. The molecule has 4 rings (SSSR count). The SMILES string of the molecule is COc1cc(C(=O)Nc2cc(S(=O)(=O)N3CCCCC3)ccc2N2CCCCC2)cc(OC)c1OC. The van der Waals surface area contributed by atoms with Gasteiger partial charge in [0.2, 0.25) is 15.8 Å². The van der Waals surface area contributed by atoms with Gasteiger partial charge in [0.25, 0.3) is 5.91 Å². The van der Waals surface area contributed by atoms with E-state index in [4.69, 9.17) is 14.2 Å². The number of carbonyl (C=O) groups excluding carboxylic acids is 1. The summed E-state index contributed by atoms with van der Waals surface area (Å²) in [6, 6.07) is 8.21. The van der Waals surface area contributed by atoms with Gasteiger partial charge in [0.05, 0.1) is 37.6 Å². The number of benzene rings is 2. The summed E-state index contributed by atoms with van der Waals surface area (Å²) < 4.78 is 44.4. The van der Waals surface area contributed by atoms with Crippen molar-refractivity contribution in [1.29, 1.82) is 0 Å². The summed E-state index contributed by atoms with van der Waals surface area (Å²) >= 11 is 0. The van der Waals surface area contributed by atoms with Crippen LogP contribution in [-0.2, 0) is 10.0 Å². The van der Waals surface area contributed by atoms with Crippen molar-refractivity contribution in [2.75, 3.05) is 57.7 Å². The van der Waals surface area contributed by atoms with Gasteiger partial charge in [0.15, 0.2) is 11.5 Å². The van der Waals surface area contributed by atoms with E-state index in [0.717, 1.165) is 57.3 Å². The Kier molecular flexibility index (Phi) is 8.25. The van der Waals surface area contributed by atoms with Gasteiger partial charge in [0, 0.05) is 31.7 Å².